The highest BCUT2D eigenvalue weighted by molar-refractivity contribution is 5.03. The third-order valence-corrected chi connectivity index (χ3v) is 6.54. The van der Waals surface area contributed by atoms with Gasteiger partial charge in [-0.25, -0.2) is 0 Å². The zero-order chi connectivity index (χ0) is 11.6. The van der Waals surface area contributed by atoms with Crippen molar-refractivity contribution in [2.75, 3.05) is 6.54 Å². The van der Waals surface area contributed by atoms with Crippen molar-refractivity contribution in [3.63, 3.8) is 0 Å². The van der Waals surface area contributed by atoms with Crippen LogP contribution in [0.1, 0.15) is 52.4 Å². The van der Waals surface area contributed by atoms with Gasteiger partial charge >= 0.3 is 0 Å². The average Bonchev–Trinajstić information content (AvgIpc) is 2.84. The van der Waals surface area contributed by atoms with Crippen molar-refractivity contribution in [3.05, 3.63) is 0 Å². The molecule has 5 saturated carbocycles. The van der Waals surface area contributed by atoms with E-state index in [2.05, 4.69) is 19.2 Å². The predicted molar refractivity (Wildman–Crippen MR) is 70.7 cm³/mol. The lowest BCUT2D eigenvalue weighted by molar-refractivity contribution is -0.0141. The first-order valence-electron chi connectivity index (χ1n) is 7.85. The summed E-state index contributed by atoms with van der Waals surface area (Å²) in [6.45, 7) is 6.16. The van der Waals surface area contributed by atoms with Gasteiger partial charge in [0.2, 0.25) is 0 Å². The van der Waals surface area contributed by atoms with Gasteiger partial charge in [-0.3, -0.25) is 0 Å². The zero-order valence-corrected chi connectivity index (χ0v) is 11.4. The Morgan fingerprint density at radius 2 is 1.47 bits per heavy atom. The van der Waals surface area contributed by atoms with E-state index < -0.39 is 0 Å². The molecule has 5 fully saturated rings. The smallest absolute Gasteiger partial charge is 0.0124 e. The highest BCUT2D eigenvalue weighted by Crippen LogP contribution is 2.55. The van der Waals surface area contributed by atoms with E-state index in [1.807, 2.05) is 0 Å². The minimum absolute atomic E-state index is 0.652. The molecule has 1 N–H and O–H groups in total. The van der Waals surface area contributed by atoms with Gasteiger partial charge in [0.1, 0.15) is 0 Å². The monoisotopic (exact) mass is 233 g/mol. The maximum absolute atomic E-state index is 3.98. The highest BCUT2D eigenvalue weighted by atomic mass is 15.0. The molecule has 0 aromatic heterocycles. The standard InChI is InChI=1S/C16H27N/c1-16(2)8-14(16)9-17-15-12-4-10-3-11(6-12)7-13(15)5-10/h10-15,17H,3-9H2,1-2H3. The van der Waals surface area contributed by atoms with E-state index in [0.29, 0.717) is 5.41 Å². The van der Waals surface area contributed by atoms with Crippen LogP contribution in [0.25, 0.3) is 0 Å². The normalized spacial score (nSPS) is 54.0. The lowest BCUT2D eigenvalue weighted by Crippen LogP contribution is -2.54. The molecule has 17 heavy (non-hydrogen) atoms. The van der Waals surface area contributed by atoms with E-state index in [1.165, 1.54) is 13.0 Å². The number of nitrogens with one attached hydrogen (secondary N) is 1. The van der Waals surface area contributed by atoms with Crippen LogP contribution in [0.5, 0.6) is 0 Å². The Morgan fingerprint density at radius 3 is 1.94 bits per heavy atom. The van der Waals surface area contributed by atoms with Crippen LogP contribution in [0, 0.1) is 35.0 Å². The molecule has 5 rings (SSSR count). The molecule has 0 aliphatic heterocycles. The Morgan fingerprint density at radius 1 is 0.941 bits per heavy atom. The van der Waals surface area contributed by atoms with E-state index in [4.69, 9.17) is 0 Å². The highest BCUT2D eigenvalue weighted by Gasteiger charge is 2.50. The van der Waals surface area contributed by atoms with E-state index >= 15 is 0 Å². The Bertz CT molecular complexity index is 291. The Hall–Kier alpha value is -0.0400. The van der Waals surface area contributed by atoms with Gasteiger partial charge in [-0.05, 0) is 80.1 Å². The summed E-state index contributed by atoms with van der Waals surface area (Å²) in [7, 11) is 0. The molecule has 96 valence electrons. The van der Waals surface area contributed by atoms with Crippen LogP contribution in [0.4, 0.5) is 0 Å². The topological polar surface area (TPSA) is 12.0 Å². The second kappa shape index (κ2) is 3.50. The first kappa shape index (κ1) is 10.8. The molecule has 0 spiro atoms. The van der Waals surface area contributed by atoms with Crippen molar-refractivity contribution in [1.29, 1.82) is 0 Å². The molecular weight excluding hydrogens is 206 g/mol. The number of hydrogen-bond donors (Lipinski definition) is 1. The van der Waals surface area contributed by atoms with Crippen LogP contribution >= 0.6 is 0 Å². The summed E-state index contributed by atoms with van der Waals surface area (Å²) >= 11 is 0. The van der Waals surface area contributed by atoms with Gasteiger partial charge in [0.25, 0.3) is 0 Å². The summed E-state index contributed by atoms with van der Waals surface area (Å²) in [5.41, 5.74) is 0.652. The Labute approximate surface area is 106 Å². The summed E-state index contributed by atoms with van der Waals surface area (Å²) in [5, 5.41) is 3.98. The molecule has 0 saturated heterocycles. The van der Waals surface area contributed by atoms with E-state index in [0.717, 1.165) is 35.6 Å². The van der Waals surface area contributed by atoms with Gasteiger partial charge in [-0.15, -0.1) is 0 Å². The first-order valence-corrected chi connectivity index (χ1v) is 7.85. The Kier molecular flexibility index (Phi) is 2.23. The van der Waals surface area contributed by atoms with Crippen molar-refractivity contribution < 1.29 is 0 Å². The van der Waals surface area contributed by atoms with Crippen molar-refractivity contribution in [2.24, 2.45) is 35.0 Å². The maximum Gasteiger partial charge on any atom is 0.0124 e. The molecule has 5 aliphatic carbocycles. The lowest BCUT2D eigenvalue weighted by atomic mass is 9.54. The van der Waals surface area contributed by atoms with Gasteiger partial charge in [0, 0.05) is 6.04 Å². The molecule has 1 heteroatoms. The molecule has 0 aromatic carbocycles. The summed E-state index contributed by atoms with van der Waals surface area (Å²) in [5.74, 6) is 5.31. The van der Waals surface area contributed by atoms with Crippen molar-refractivity contribution >= 4 is 0 Å². The van der Waals surface area contributed by atoms with E-state index in [9.17, 15) is 0 Å². The summed E-state index contributed by atoms with van der Waals surface area (Å²) < 4.78 is 0. The largest absolute Gasteiger partial charge is 0.313 e. The number of rotatable bonds is 3. The van der Waals surface area contributed by atoms with Gasteiger partial charge in [0.05, 0.1) is 0 Å². The molecule has 0 radical (unpaired) electrons. The van der Waals surface area contributed by atoms with Gasteiger partial charge in [-0.2, -0.15) is 0 Å². The minimum atomic E-state index is 0.652. The van der Waals surface area contributed by atoms with Crippen LogP contribution in [-0.2, 0) is 0 Å². The second-order valence-electron chi connectivity index (χ2n) is 8.25. The predicted octanol–water partition coefficient (Wildman–Crippen LogP) is 3.45. The van der Waals surface area contributed by atoms with E-state index in [-0.39, 0.29) is 0 Å². The summed E-state index contributed by atoms with van der Waals surface area (Å²) in [6, 6.07) is 0.902. The van der Waals surface area contributed by atoms with E-state index in [1.54, 1.807) is 32.1 Å². The third-order valence-electron chi connectivity index (χ3n) is 6.54. The van der Waals surface area contributed by atoms with Crippen LogP contribution in [-0.4, -0.2) is 12.6 Å². The zero-order valence-electron chi connectivity index (χ0n) is 11.4. The van der Waals surface area contributed by atoms with Gasteiger partial charge in [0.15, 0.2) is 0 Å². The van der Waals surface area contributed by atoms with Gasteiger partial charge < -0.3 is 5.32 Å². The molecule has 0 heterocycles. The fourth-order valence-corrected chi connectivity index (χ4v) is 5.46. The molecule has 5 aliphatic rings. The van der Waals surface area contributed by atoms with Crippen molar-refractivity contribution in [3.8, 4) is 0 Å². The average molecular weight is 233 g/mol. The quantitative estimate of drug-likeness (QED) is 0.787. The van der Waals surface area contributed by atoms with Crippen LogP contribution < -0.4 is 5.32 Å². The van der Waals surface area contributed by atoms with Crippen LogP contribution in [0.2, 0.25) is 0 Å². The van der Waals surface area contributed by atoms with Gasteiger partial charge in [-0.1, -0.05) is 13.8 Å². The Balaban J connectivity index is 1.38. The molecule has 1 nitrogen and oxygen atoms in total. The molecule has 4 bridgehead atoms. The lowest BCUT2D eigenvalue weighted by Gasteiger charge is -2.54. The van der Waals surface area contributed by atoms with Crippen LogP contribution in [0.3, 0.4) is 0 Å². The first-order chi connectivity index (χ1) is 8.12. The molecule has 0 amide bonds. The summed E-state index contributed by atoms with van der Waals surface area (Å²) in [4.78, 5) is 0. The summed E-state index contributed by atoms with van der Waals surface area (Å²) in [6.07, 6.45) is 9.25. The van der Waals surface area contributed by atoms with Crippen molar-refractivity contribution in [1.82, 2.24) is 5.32 Å². The molecule has 1 unspecified atom stereocenters. The van der Waals surface area contributed by atoms with Crippen LogP contribution in [0.15, 0.2) is 0 Å². The maximum atomic E-state index is 3.98. The molecular formula is C16H27N. The SMILES string of the molecule is CC1(C)CC1CNC1C2CC3CC(C2)CC1C3. The fourth-order valence-electron chi connectivity index (χ4n) is 5.46. The molecule has 0 aromatic rings. The third kappa shape index (κ3) is 1.77. The minimum Gasteiger partial charge on any atom is -0.313 e. The number of hydrogen-bond acceptors (Lipinski definition) is 1. The molecule has 1 atom stereocenters. The second-order valence-corrected chi connectivity index (χ2v) is 8.25. The van der Waals surface area contributed by atoms with Crippen molar-refractivity contribution in [2.45, 2.75) is 58.4 Å². The fraction of sp³-hybridized carbons (Fsp3) is 1.00.